The normalized spacial score (nSPS) is 10.3. The number of rotatable bonds is 4. The highest BCUT2D eigenvalue weighted by atomic mass is 35.5. The lowest BCUT2D eigenvalue weighted by Crippen LogP contribution is -2.04. The van der Waals surface area contributed by atoms with Gasteiger partial charge in [0.25, 0.3) is 0 Å². The van der Waals surface area contributed by atoms with Gasteiger partial charge < -0.3 is 5.32 Å². The number of benzene rings is 1. The molecule has 2 rings (SSSR count). The molecule has 0 aliphatic heterocycles. The number of halogens is 1. The van der Waals surface area contributed by atoms with Crippen molar-refractivity contribution in [3.63, 3.8) is 0 Å². The number of amides is 1. The summed E-state index contributed by atoms with van der Waals surface area (Å²) in [5.74, 6) is 0.586. The molecule has 0 spiro atoms. The molecule has 7 heteroatoms. The highest BCUT2D eigenvalue weighted by Crippen LogP contribution is 2.30. The van der Waals surface area contributed by atoms with Crippen LogP contribution in [0.1, 0.15) is 12.5 Å². The van der Waals surface area contributed by atoms with E-state index in [1.54, 1.807) is 11.8 Å². The van der Waals surface area contributed by atoms with Crippen molar-refractivity contribution in [1.82, 2.24) is 10.2 Å². The third-order valence-corrected chi connectivity index (χ3v) is 4.39. The predicted octanol–water partition coefficient (Wildman–Crippen LogP) is 3.44. The van der Waals surface area contributed by atoms with Crippen LogP contribution in [-0.2, 0) is 10.5 Å². The van der Waals surface area contributed by atoms with Crippen LogP contribution in [0, 0.1) is 0 Å². The molecule has 1 amide bonds. The summed E-state index contributed by atoms with van der Waals surface area (Å²) < 4.78 is 0.804. The number of anilines is 1. The van der Waals surface area contributed by atoms with Crippen molar-refractivity contribution in [1.29, 1.82) is 0 Å². The molecule has 0 bridgehead atoms. The molecule has 0 saturated carbocycles. The van der Waals surface area contributed by atoms with Crippen LogP contribution >= 0.6 is 34.7 Å². The van der Waals surface area contributed by atoms with Crippen LogP contribution in [0.25, 0.3) is 0 Å². The van der Waals surface area contributed by atoms with Gasteiger partial charge in [0.2, 0.25) is 11.0 Å². The second kappa shape index (κ2) is 6.17. The van der Waals surface area contributed by atoms with E-state index in [0.29, 0.717) is 5.13 Å². The Morgan fingerprint density at radius 3 is 2.94 bits per heavy atom. The molecule has 2 aromatic rings. The minimum absolute atomic E-state index is 0.145. The highest BCUT2D eigenvalue weighted by Gasteiger charge is 2.07. The van der Waals surface area contributed by atoms with E-state index in [0.717, 1.165) is 20.7 Å². The van der Waals surface area contributed by atoms with E-state index in [4.69, 9.17) is 11.6 Å². The van der Waals surface area contributed by atoms with Crippen molar-refractivity contribution in [2.45, 2.75) is 17.0 Å². The summed E-state index contributed by atoms with van der Waals surface area (Å²) >= 11 is 8.96. The van der Waals surface area contributed by atoms with Gasteiger partial charge in [0.1, 0.15) is 0 Å². The van der Waals surface area contributed by atoms with Crippen molar-refractivity contribution >= 4 is 45.7 Å². The Labute approximate surface area is 118 Å². The van der Waals surface area contributed by atoms with Crippen LogP contribution in [0.4, 0.5) is 5.13 Å². The Morgan fingerprint density at radius 2 is 2.22 bits per heavy atom. The van der Waals surface area contributed by atoms with Crippen LogP contribution in [-0.4, -0.2) is 16.1 Å². The Bertz CT molecular complexity index is 559. The first kappa shape index (κ1) is 13.3. The van der Waals surface area contributed by atoms with Gasteiger partial charge >= 0.3 is 0 Å². The molecule has 1 aromatic carbocycles. The third kappa shape index (κ3) is 3.69. The minimum Gasteiger partial charge on any atom is -0.301 e. The molecular formula is C11H10ClN3OS2. The van der Waals surface area contributed by atoms with E-state index in [1.165, 1.54) is 18.3 Å². The predicted molar refractivity (Wildman–Crippen MR) is 75.2 cm³/mol. The van der Waals surface area contributed by atoms with E-state index in [-0.39, 0.29) is 5.91 Å². The van der Waals surface area contributed by atoms with Crippen LogP contribution in [0.5, 0.6) is 0 Å². The molecule has 0 fully saturated rings. The van der Waals surface area contributed by atoms with Gasteiger partial charge in [-0.2, -0.15) is 0 Å². The molecule has 4 nitrogen and oxygen atoms in total. The maximum Gasteiger partial charge on any atom is 0.223 e. The van der Waals surface area contributed by atoms with Gasteiger partial charge in [0, 0.05) is 17.7 Å². The number of aromatic nitrogens is 2. The molecule has 0 radical (unpaired) electrons. The number of thioether (sulfide) groups is 1. The molecule has 94 valence electrons. The van der Waals surface area contributed by atoms with Crippen LogP contribution < -0.4 is 5.32 Å². The molecular weight excluding hydrogens is 290 g/mol. The van der Waals surface area contributed by atoms with E-state index in [9.17, 15) is 4.79 Å². The lowest BCUT2D eigenvalue weighted by Gasteiger charge is -2.00. The Kier molecular flexibility index (Phi) is 4.57. The first-order valence-corrected chi connectivity index (χ1v) is 7.30. The first-order chi connectivity index (χ1) is 8.65. The van der Waals surface area contributed by atoms with Crippen molar-refractivity contribution in [2.24, 2.45) is 0 Å². The summed E-state index contributed by atoms with van der Waals surface area (Å²) in [6.45, 7) is 1.44. The van der Waals surface area contributed by atoms with E-state index >= 15 is 0 Å². The summed E-state index contributed by atoms with van der Waals surface area (Å²) in [6.07, 6.45) is 0. The lowest BCUT2D eigenvalue weighted by molar-refractivity contribution is -0.114. The number of hydrogen-bond acceptors (Lipinski definition) is 5. The molecule has 1 heterocycles. The van der Waals surface area contributed by atoms with Gasteiger partial charge in [0.15, 0.2) is 4.34 Å². The third-order valence-electron chi connectivity index (χ3n) is 2.00. The van der Waals surface area contributed by atoms with Gasteiger partial charge in [-0.25, -0.2) is 0 Å². The molecule has 1 N–H and O–H groups in total. The van der Waals surface area contributed by atoms with Gasteiger partial charge in [0.05, 0.1) is 0 Å². The molecule has 0 aliphatic carbocycles. The SMILES string of the molecule is CC(=O)Nc1nnc(SCc2ccccc2Cl)s1. The number of nitrogens with zero attached hydrogens (tertiary/aromatic N) is 2. The second-order valence-electron chi connectivity index (χ2n) is 3.43. The van der Waals surface area contributed by atoms with E-state index in [1.807, 2.05) is 24.3 Å². The van der Waals surface area contributed by atoms with Crippen molar-refractivity contribution < 1.29 is 4.79 Å². The zero-order chi connectivity index (χ0) is 13.0. The fraction of sp³-hybridized carbons (Fsp3) is 0.182. The number of carbonyl (C=O) groups is 1. The number of hydrogen-bond donors (Lipinski definition) is 1. The Hall–Kier alpha value is -1.11. The second-order valence-corrected chi connectivity index (χ2v) is 6.04. The average molecular weight is 300 g/mol. The van der Waals surface area contributed by atoms with E-state index in [2.05, 4.69) is 15.5 Å². The zero-order valence-electron chi connectivity index (χ0n) is 9.51. The fourth-order valence-corrected chi connectivity index (χ4v) is 3.31. The van der Waals surface area contributed by atoms with Crippen molar-refractivity contribution in [3.8, 4) is 0 Å². The number of carbonyl (C=O) groups excluding carboxylic acids is 1. The summed E-state index contributed by atoms with van der Waals surface area (Å²) in [6, 6.07) is 7.69. The molecule has 0 atom stereocenters. The molecule has 0 aliphatic rings. The summed E-state index contributed by atoms with van der Waals surface area (Å²) in [4.78, 5) is 10.8. The smallest absolute Gasteiger partial charge is 0.223 e. The maximum absolute atomic E-state index is 10.8. The van der Waals surface area contributed by atoms with Gasteiger partial charge in [-0.15, -0.1) is 10.2 Å². The summed E-state index contributed by atoms with van der Waals surface area (Å²) in [7, 11) is 0. The van der Waals surface area contributed by atoms with Crippen LogP contribution in [0.15, 0.2) is 28.6 Å². The monoisotopic (exact) mass is 299 g/mol. The van der Waals surface area contributed by atoms with Gasteiger partial charge in [-0.1, -0.05) is 52.9 Å². The highest BCUT2D eigenvalue weighted by molar-refractivity contribution is 8.00. The summed E-state index contributed by atoms with van der Waals surface area (Å²) in [5.41, 5.74) is 1.06. The molecule has 0 unspecified atom stereocenters. The maximum atomic E-state index is 10.8. The topological polar surface area (TPSA) is 54.9 Å². The lowest BCUT2D eigenvalue weighted by atomic mass is 10.2. The largest absolute Gasteiger partial charge is 0.301 e. The van der Waals surface area contributed by atoms with Crippen molar-refractivity contribution in [3.05, 3.63) is 34.9 Å². The van der Waals surface area contributed by atoms with Crippen molar-refractivity contribution in [2.75, 3.05) is 5.32 Å². The zero-order valence-corrected chi connectivity index (χ0v) is 11.9. The van der Waals surface area contributed by atoms with Gasteiger partial charge in [-0.3, -0.25) is 4.79 Å². The first-order valence-electron chi connectivity index (χ1n) is 5.12. The average Bonchev–Trinajstić information content (AvgIpc) is 2.75. The molecule has 1 aromatic heterocycles. The van der Waals surface area contributed by atoms with Gasteiger partial charge in [-0.05, 0) is 11.6 Å². The van der Waals surface area contributed by atoms with E-state index < -0.39 is 0 Å². The Balaban J connectivity index is 1.96. The molecule has 18 heavy (non-hydrogen) atoms. The minimum atomic E-state index is -0.145. The number of nitrogens with one attached hydrogen (secondary N) is 1. The Morgan fingerprint density at radius 1 is 1.44 bits per heavy atom. The van der Waals surface area contributed by atoms with Crippen LogP contribution in [0.3, 0.4) is 0 Å². The standard InChI is InChI=1S/C11H10ClN3OS2/c1-7(16)13-10-14-15-11(18-10)17-6-8-4-2-3-5-9(8)12/h2-5H,6H2,1H3,(H,13,14,16). The quantitative estimate of drug-likeness (QED) is 0.694. The fourth-order valence-electron chi connectivity index (χ4n) is 1.22. The molecule has 0 saturated heterocycles. The summed E-state index contributed by atoms with van der Waals surface area (Å²) in [5, 5.41) is 11.7. The van der Waals surface area contributed by atoms with Crippen LogP contribution in [0.2, 0.25) is 5.02 Å².